The molecule has 0 saturated carbocycles. The van der Waals surface area contributed by atoms with E-state index >= 15 is 0 Å². The normalized spacial score (nSPS) is 11.1. The maximum atomic E-state index is 12.1. The van der Waals surface area contributed by atoms with Crippen LogP contribution in [-0.4, -0.2) is 12.5 Å². The molecule has 0 atom stereocenters. The lowest BCUT2D eigenvalue weighted by Crippen LogP contribution is -2.21. The Morgan fingerprint density at radius 1 is 1.27 bits per heavy atom. The van der Waals surface area contributed by atoms with Gasteiger partial charge in [0.05, 0.1) is 12.1 Å². The number of alkyl halides is 3. The Hall–Kier alpha value is -1.72. The lowest BCUT2D eigenvalue weighted by molar-refractivity contribution is -0.137. The van der Waals surface area contributed by atoms with Crippen molar-refractivity contribution in [3.05, 3.63) is 29.8 Å². The number of hydrogen-bond donors (Lipinski definition) is 2. The van der Waals surface area contributed by atoms with Gasteiger partial charge in [-0.3, -0.25) is 4.79 Å². The van der Waals surface area contributed by atoms with Crippen molar-refractivity contribution >= 4 is 11.6 Å². The predicted molar refractivity (Wildman–Crippen MR) is 49.1 cm³/mol. The summed E-state index contributed by atoms with van der Waals surface area (Å²) >= 11 is 0. The number of benzene rings is 1. The Labute approximate surface area is 84.1 Å². The maximum absolute atomic E-state index is 12.1. The van der Waals surface area contributed by atoms with Crippen molar-refractivity contribution in [2.24, 2.45) is 5.73 Å². The minimum absolute atomic E-state index is 0.106. The van der Waals surface area contributed by atoms with Gasteiger partial charge < -0.3 is 11.1 Å². The van der Waals surface area contributed by atoms with E-state index in [1.807, 2.05) is 0 Å². The van der Waals surface area contributed by atoms with Gasteiger partial charge >= 0.3 is 6.18 Å². The summed E-state index contributed by atoms with van der Waals surface area (Å²) < 4.78 is 36.4. The summed E-state index contributed by atoms with van der Waals surface area (Å²) in [7, 11) is 0. The average Bonchev–Trinajstić information content (AvgIpc) is 2.14. The van der Waals surface area contributed by atoms with Crippen LogP contribution in [0.2, 0.25) is 0 Å². The van der Waals surface area contributed by atoms with Gasteiger partial charge in [-0.15, -0.1) is 0 Å². The molecule has 3 N–H and O–H groups in total. The average molecular weight is 218 g/mol. The number of anilines is 1. The second kappa shape index (κ2) is 4.20. The minimum atomic E-state index is -4.35. The van der Waals surface area contributed by atoms with Crippen molar-refractivity contribution in [1.29, 1.82) is 0 Å². The fourth-order valence-corrected chi connectivity index (χ4v) is 0.966. The first kappa shape index (κ1) is 11.4. The molecule has 0 heterocycles. The molecule has 1 rings (SSSR count). The third kappa shape index (κ3) is 3.49. The second-order valence-electron chi connectivity index (χ2n) is 2.89. The summed E-state index contributed by atoms with van der Waals surface area (Å²) in [5, 5.41) is 2.58. The molecule has 0 bridgehead atoms. The highest BCUT2D eigenvalue weighted by Gasteiger charge is 2.29. The van der Waals surface area contributed by atoms with E-state index in [1.54, 1.807) is 0 Å². The third-order valence-electron chi connectivity index (χ3n) is 1.68. The van der Waals surface area contributed by atoms with E-state index in [-0.39, 0.29) is 6.54 Å². The minimum Gasteiger partial charge on any atom is -0.376 e. The molecule has 6 heteroatoms. The molecule has 3 nitrogen and oxygen atoms in total. The van der Waals surface area contributed by atoms with Gasteiger partial charge in [0.1, 0.15) is 0 Å². The standard InChI is InChI=1S/C9H9F3N2O/c10-9(11,12)6-1-3-7(4-2-6)14-5-8(13)15/h1-4,14H,5H2,(H2,13,15). The lowest BCUT2D eigenvalue weighted by atomic mass is 10.2. The Balaban J connectivity index is 2.69. The topological polar surface area (TPSA) is 55.1 Å². The highest BCUT2D eigenvalue weighted by Crippen LogP contribution is 2.29. The second-order valence-corrected chi connectivity index (χ2v) is 2.89. The summed E-state index contributed by atoms with van der Waals surface area (Å²) in [6.45, 7) is -0.106. The van der Waals surface area contributed by atoms with Crippen molar-refractivity contribution in [2.75, 3.05) is 11.9 Å². The monoisotopic (exact) mass is 218 g/mol. The fourth-order valence-electron chi connectivity index (χ4n) is 0.966. The molecule has 0 spiro atoms. The van der Waals surface area contributed by atoms with Gasteiger partial charge in [0.15, 0.2) is 0 Å². The number of carbonyl (C=O) groups is 1. The van der Waals surface area contributed by atoms with Crippen molar-refractivity contribution in [1.82, 2.24) is 0 Å². The number of hydrogen-bond acceptors (Lipinski definition) is 2. The summed E-state index contributed by atoms with van der Waals surface area (Å²) in [5.74, 6) is -0.574. The van der Waals surface area contributed by atoms with E-state index in [1.165, 1.54) is 12.1 Å². The van der Waals surface area contributed by atoms with Crippen molar-refractivity contribution in [3.63, 3.8) is 0 Å². The quantitative estimate of drug-likeness (QED) is 0.809. The molecule has 1 aromatic carbocycles. The van der Waals surface area contributed by atoms with Gasteiger partial charge in [-0.05, 0) is 24.3 Å². The number of nitrogens with one attached hydrogen (secondary N) is 1. The predicted octanol–water partition coefficient (Wildman–Crippen LogP) is 1.60. The molecule has 0 aromatic heterocycles. The van der Waals surface area contributed by atoms with Crippen LogP contribution in [0.1, 0.15) is 5.56 Å². The first-order valence-electron chi connectivity index (χ1n) is 4.09. The Morgan fingerprint density at radius 2 is 1.80 bits per heavy atom. The van der Waals surface area contributed by atoms with E-state index in [0.717, 1.165) is 12.1 Å². The third-order valence-corrected chi connectivity index (χ3v) is 1.68. The smallest absolute Gasteiger partial charge is 0.376 e. The van der Waals surface area contributed by atoms with E-state index in [4.69, 9.17) is 5.73 Å². The molecule has 0 saturated heterocycles. The highest BCUT2D eigenvalue weighted by molar-refractivity contribution is 5.78. The number of amides is 1. The summed E-state index contributed by atoms with van der Waals surface area (Å²) in [6, 6.07) is 4.35. The van der Waals surface area contributed by atoms with Crippen LogP contribution in [0.3, 0.4) is 0 Å². The van der Waals surface area contributed by atoms with Gasteiger partial charge in [-0.1, -0.05) is 0 Å². The first-order valence-corrected chi connectivity index (χ1v) is 4.09. The molecule has 0 aliphatic rings. The van der Waals surface area contributed by atoms with Crippen LogP contribution in [0.4, 0.5) is 18.9 Å². The zero-order valence-electron chi connectivity index (χ0n) is 7.64. The summed E-state index contributed by atoms with van der Waals surface area (Å²) in [5.41, 5.74) is 4.55. The van der Waals surface area contributed by atoms with Crippen LogP contribution in [-0.2, 0) is 11.0 Å². The van der Waals surface area contributed by atoms with Gasteiger partial charge in [0, 0.05) is 5.69 Å². The molecule has 15 heavy (non-hydrogen) atoms. The number of primary amides is 1. The van der Waals surface area contributed by atoms with E-state index in [2.05, 4.69) is 5.32 Å². The molecule has 82 valence electrons. The first-order chi connectivity index (χ1) is 6.89. The van der Waals surface area contributed by atoms with Crippen LogP contribution in [0.5, 0.6) is 0 Å². The van der Waals surface area contributed by atoms with Gasteiger partial charge in [0.2, 0.25) is 5.91 Å². The number of carbonyl (C=O) groups excluding carboxylic acids is 1. The van der Waals surface area contributed by atoms with Crippen LogP contribution in [0.25, 0.3) is 0 Å². The van der Waals surface area contributed by atoms with Crippen LogP contribution >= 0.6 is 0 Å². The molecule has 0 fully saturated rings. The van der Waals surface area contributed by atoms with Crippen LogP contribution < -0.4 is 11.1 Å². The Morgan fingerprint density at radius 3 is 2.20 bits per heavy atom. The van der Waals surface area contributed by atoms with E-state index in [9.17, 15) is 18.0 Å². The fraction of sp³-hybridized carbons (Fsp3) is 0.222. The number of halogens is 3. The van der Waals surface area contributed by atoms with E-state index in [0.29, 0.717) is 5.69 Å². The zero-order chi connectivity index (χ0) is 11.5. The van der Waals surface area contributed by atoms with Crippen LogP contribution in [0.15, 0.2) is 24.3 Å². The van der Waals surface area contributed by atoms with Gasteiger partial charge in [-0.25, -0.2) is 0 Å². The van der Waals surface area contributed by atoms with Crippen molar-refractivity contribution in [2.45, 2.75) is 6.18 Å². The number of rotatable bonds is 3. The van der Waals surface area contributed by atoms with Crippen LogP contribution in [0, 0.1) is 0 Å². The molecule has 0 radical (unpaired) electrons. The Kier molecular flexibility index (Phi) is 3.18. The molecule has 0 unspecified atom stereocenters. The molecule has 0 aliphatic carbocycles. The molecule has 0 aliphatic heterocycles. The van der Waals surface area contributed by atoms with Gasteiger partial charge in [0.25, 0.3) is 0 Å². The lowest BCUT2D eigenvalue weighted by Gasteiger charge is -2.08. The number of nitrogens with two attached hydrogens (primary N) is 1. The van der Waals surface area contributed by atoms with Gasteiger partial charge in [-0.2, -0.15) is 13.2 Å². The van der Waals surface area contributed by atoms with Crippen molar-refractivity contribution in [3.8, 4) is 0 Å². The zero-order valence-corrected chi connectivity index (χ0v) is 7.64. The Bertz CT molecular complexity index is 345. The molecule has 1 aromatic rings. The van der Waals surface area contributed by atoms with E-state index < -0.39 is 17.6 Å². The highest BCUT2D eigenvalue weighted by atomic mass is 19.4. The molecular weight excluding hydrogens is 209 g/mol. The summed E-state index contributed by atoms with van der Waals surface area (Å²) in [4.78, 5) is 10.4. The SMILES string of the molecule is NC(=O)CNc1ccc(C(F)(F)F)cc1. The maximum Gasteiger partial charge on any atom is 0.416 e. The molecular formula is C9H9F3N2O. The summed E-state index contributed by atoms with van der Waals surface area (Å²) in [6.07, 6.45) is -4.35. The largest absolute Gasteiger partial charge is 0.416 e. The van der Waals surface area contributed by atoms with Crippen molar-refractivity contribution < 1.29 is 18.0 Å². The molecule has 1 amide bonds.